The Balaban J connectivity index is 2.70. The van der Waals surface area contributed by atoms with Crippen LogP contribution in [-0.4, -0.2) is 0 Å². The average molecular weight is 229 g/mol. The fraction of sp³-hybridized carbons (Fsp3) is 0.333. The molecule has 0 radical (unpaired) electrons. The van der Waals surface area contributed by atoms with Crippen LogP contribution in [0.3, 0.4) is 0 Å². The SMILES string of the molecule is CCCCC=Cc1c(Cl)cccc1Cl. The number of unbranched alkanes of at least 4 members (excludes halogenated alkanes) is 2. The maximum Gasteiger partial charge on any atom is 0.0493 e. The smallest absolute Gasteiger partial charge is 0.0493 e. The Morgan fingerprint density at radius 2 is 1.86 bits per heavy atom. The van der Waals surface area contributed by atoms with E-state index in [1.165, 1.54) is 12.8 Å². The van der Waals surface area contributed by atoms with Gasteiger partial charge in [-0.1, -0.05) is 61.2 Å². The van der Waals surface area contributed by atoms with E-state index in [1.54, 1.807) is 0 Å². The van der Waals surface area contributed by atoms with Gasteiger partial charge in [0.2, 0.25) is 0 Å². The van der Waals surface area contributed by atoms with Gasteiger partial charge in [0.15, 0.2) is 0 Å². The highest BCUT2D eigenvalue weighted by Gasteiger charge is 1.99. The number of benzene rings is 1. The van der Waals surface area contributed by atoms with E-state index >= 15 is 0 Å². The molecule has 0 aliphatic heterocycles. The third-order valence-electron chi connectivity index (χ3n) is 2.01. The zero-order valence-electron chi connectivity index (χ0n) is 8.26. The van der Waals surface area contributed by atoms with Gasteiger partial charge in [-0.25, -0.2) is 0 Å². The van der Waals surface area contributed by atoms with Crippen LogP contribution in [0.25, 0.3) is 6.08 Å². The fourth-order valence-electron chi connectivity index (χ4n) is 1.19. The summed E-state index contributed by atoms with van der Waals surface area (Å²) in [5, 5.41) is 1.43. The largest absolute Gasteiger partial charge is 0.0838 e. The first-order valence-corrected chi connectivity index (χ1v) is 5.62. The molecule has 0 fully saturated rings. The summed E-state index contributed by atoms with van der Waals surface area (Å²) < 4.78 is 0. The Labute approximate surface area is 95.5 Å². The summed E-state index contributed by atoms with van der Waals surface area (Å²) in [5.74, 6) is 0. The first kappa shape index (κ1) is 11.6. The normalized spacial score (nSPS) is 11.1. The lowest BCUT2D eigenvalue weighted by Gasteiger charge is -2.00. The molecule has 1 aromatic carbocycles. The van der Waals surface area contributed by atoms with Crippen LogP contribution in [-0.2, 0) is 0 Å². The summed E-state index contributed by atoms with van der Waals surface area (Å²) in [7, 11) is 0. The van der Waals surface area contributed by atoms with E-state index in [9.17, 15) is 0 Å². The minimum Gasteiger partial charge on any atom is -0.0838 e. The van der Waals surface area contributed by atoms with Crippen molar-refractivity contribution in [1.82, 2.24) is 0 Å². The molecular weight excluding hydrogens is 215 g/mol. The number of halogens is 2. The highest BCUT2D eigenvalue weighted by Crippen LogP contribution is 2.25. The van der Waals surface area contributed by atoms with Crippen LogP contribution in [0.4, 0.5) is 0 Å². The Kier molecular flexibility index (Phi) is 5.06. The number of hydrogen-bond donors (Lipinski definition) is 0. The van der Waals surface area contributed by atoms with E-state index in [1.807, 2.05) is 24.3 Å². The minimum atomic E-state index is 0.713. The summed E-state index contributed by atoms with van der Waals surface area (Å²) in [5.41, 5.74) is 0.923. The van der Waals surface area contributed by atoms with Crippen molar-refractivity contribution in [1.29, 1.82) is 0 Å². The molecule has 0 spiro atoms. The van der Waals surface area contributed by atoms with Gasteiger partial charge in [0.1, 0.15) is 0 Å². The third-order valence-corrected chi connectivity index (χ3v) is 2.67. The molecule has 0 aliphatic rings. The molecule has 2 heteroatoms. The molecule has 0 aliphatic carbocycles. The molecule has 0 saturated carbocycles. The van der Waals surface area contributed by atoms with Crippen molar-refractivity contribution < 1.29 is 0 Å². The van der Waals surface area contributed by atoms with Gasteiger partial charge in [0.05, 0.1) is 0 Å². The molecule has 14 heavy (non-hydrogen) atoms. The number of allylic oxidation sites excluding steroid dienone is 1. The molecule has 0 amide bonds. The Morgan fingerprint density at radius 3 is 2.43 bits per heavy atom. The lowest BCUT2D eigenvalue weighted by Crippen LogP contribution is -1.77. The van der Waals surface area contributed by atoms with E-state index in [-0.39, 0.29) is 0 Å². The maximum atomic E-state index is 6.01. The summed E-state index contributed by atoms with van der Waals surface area (Å²) >= 11 is 12.0. The first-order valence-electron chi connectivity index (χ1n) is 4.86. The van der Waals surface area contributed by atoms with Crippen molar-refractivity contribution in [2.24, 2.45) is 0 Å². The Hall–Kier alpha value is -0.460. The van der Waals surface area contributed by atoms with Crippen molar-refractivity contribution in [2.75, 3.05) is 0 Å². The summed E-state index contributed by atoms with van der Waals surface area (Å²) in [4.78, 5) is 0. The van der Waals surface area contributed by atoms with Crippen molar-refractivity contribution in [3.05, 3.63) is 39.9 Å². The van der Waals surface area contributed by atoms with Crippen LogP contribution < -0.4 is 0 Å². The molecule has 0 unspecified atom stereocenters. The molecular formula is C12H14Cl2. The van der Waals surface area contributed by atoms with Crippen molar-refractivity contribution >= 4 is 29.3 Å². The van der Waals surface area contributed by atoms with Crippen LogP contribution in [0.2, 0.25) is 10.0 Å². The van der Waals surface area contributed by atoms with Crippen molar-refractivity contribution in [3.8, 4) is 0 Å². The molecule has 0 heterocycles. The number of rotatable bonds is 4. The van der Waals surface area contributed by atoms with Crippen LogP contribution >= 0.6 is 23.2 Å². The highest BCUT2D eigenvalue weighted by atomic mass is 35.5. The quantitative estimate of drug-likeness (QED) is 0.622. The van der Waals surface area contributed by atoms with E-state index in [2.05, 4.69) is 13.0 Å². The average Bonchev–Trinajstić information content (AvgIpc) is 2.16. The fourth-order valence-corrected chi connectivity index (χ4v) is 1.72. The van der Waals surface area contributed by atoms with E-state index in [0.29, 0.717) is 10.0 Å². The molecule has 0 N–H and O–H groups in total. The van der Waals surface area contributed by atoms with E-state index in [4.69, 9.17) is 23.2 Å². The topological polar surface area (TPSA) is 0 Å². The predicted octanol–water partition coefficient (Wildman–Crippen LogP) is 5.20. The van der Waals surface area contributed by atoms with Gasteiger partial charge in [-0.3, -0.25) is 0 Å². The van der Waals surface area contributed by atoms with Gasteiger partial charge in [-0.15, -0.1) is 0 Å². The van der Waals surface area contributed by atoms with Gasteiger partial charge >= 0.3 is 0 Å². The van der Waals surface area contributed by atoms with Gasteiger partial charge in [-0.2, -0.15) is 0 Å². The first-order chi connectivity index (χ1) is 6.75. The molecule has 0 nitrogen and oxygen atoms in total. The zero-order chi connectivity index (χ0) is 10.4. The van der Waals surface area contributed by atoms with Crippen molar-refractivity contribution in [2.45, 2.75) is 26.2 Å². The zero-order valence-corrected chi connectivity index (χ0v) is 9.78. The van der Waals surface area contributed by atoms with Crippen LogP contribution in [0.15, 0.2) is 24.3 Å². The summed E-state index contributed by atoms with van der Waals surface area (Å²) in [6.45, 7) is 2.18. The minimum absolute atomic E-state index is 0.713. The predicted molar refractivity (Wildman–Crippen MR) is 65.0 cm³/mol. The molecule has 0 aromatic heterocycles. The Bertz CT molecular complexity index is 296. The monoisotopic (exact) mass is 228 g/mol. The molecule has 0 bridgehead atoms. The summed E-state index contributed by atoms with van der Waals surface area (Å²) in [6.07, 6.45) is 7.62. The standard InChI is InChI=1S/C12H14Cl2/c1-2-3-4-5-7-10-11(13)8-6-9-12(10)14/h5-9H,2-4H2,1H3. The van der Waals surface area contributed by atoms with E-state index < -0.39 is 0 Å². The Morgan fingerprint density at radius 1 is 1.21 bits per heavy atom. The van der Waals surface area contributed by atoms with Crippen molar-refractivity contribution in [3.63, 3.8) is 0 Å². The second kappa shape index (κ2) is 6.10. The van der Waals surface area contributed by atoms with Gasteiger partial charge in [-0.05, 0) is 18.6 Å². The molecule has 76 valence electrons. The second-order valence-electron chi connectivity index (χ2n) is 3.18. The van der Waals surface area contributed by atoms with Gasteiger partial charge < -0.3 is 0 Å². The van der Waals surface area contributed by atoms with Crippen LogP contribution in [0, 0.1) is 0 Å². The molecule has 1 rings (SSSR count). The van der Waals surface area contributed by atoms with Gasteiger partial charge in [0, 0.05) is 15.6 Å². The molecule has 1 aromatic rings. The van der Waals surface area contributed by atoms with Crippen LogP contribution in [0.1, 0.15) is 31.7 Å². The van der Waals surface area contributed by atoms with Crippen LogP contribution in [0.5, 0.6) is 0 Å². The second-order valence-corrected chi connectivity index (χ2v) is 3.99. The lowest BCUT2D eigenvalue weighted by molar-refractivity contribution is 0.816. The van der Waals surface area contributed by atoms with Gasteiger partial charge in [0.25, 0.3) is 0 Å². The molecule has 0 saturated heterocycles. The lowest BCUT2D eigenvalue weighted by atomic mass is 10.1. The summed E-state index contributed by atoms with van der Waals surface area (Å²) in [6, 6.07) is 5.56. The molecule has 0 atom stereocenters. The highest BCUT2D eigenvalue weighted by molar-refractivity contribution is 6.37. The number of hydrogen-bond acceptors (Lipinski definition) is 0. The third kappa shape index (κ3) is 3.36. The maximum absolute atomic E-state index is 6.01. The van der Waals surface area contributed by atoms with E-state index in [0.717, 1.165) is 12.0 Å².